The number of aromatic nitrogens is 2. The zero-order valence-electron chi connectivity index (χ0n) is 9.40. The molecule has 0 aliphatic rings. The summed E-state index contributed by atoms with van der Waals surface area (Å²) in [4.78, 5) is 18.4. The van der Waals surface area contributed by atoms with Crippen LogP contribution in [0.2, 0.25) is 0 Å². The van der Waals surface area contributed by atoms with Crippen molar-refractivity contribution in [3.05, 3.63) is 27.6 Å². The summed E-state index contributed by atoms with van der Waals surface area (Å²) in [5.41, 5.74) is 0.0259. The first-order chi connectivity index (χ1) is 7.76. The van der Waals surface area contributed by atoms with Crippen molar-refractivity contribution in [1.82, 2.24) is 9.55 Å². The van der Waals surface area contributed by atoms with Crippen LogP contribution in [0.3, 0.4) is 0 Å². The van der Waals surface area contributed by atoms with Crippen molar-refractivity contribution in [1.29, 1.82) is 0 Å². The third-order valence-corrected chi connectivity index (χ3v) is 3.64. The molecule has 0 radical (unpaired) electrons. The van der Waals surface area contributed by atoms with Gasteiger partial charge in [0.15, 0.2) is 0 Å². The molecule has 0 unspecified atom stereocenters. The van der Waals surface area contributed by atoms with Gasteiger partial charge in [-0.1, -0.05) is 6.92 Å². The van der Waals surface area contributed by atoms with Gasteiger partial charge in [0.05, 0.1) is 24.9 Å². The van der Waals surface area contributed by atoms with Gasteiger partial charge in [-0.25, -0.2) is 4.98 Å². The third-order valence-electron chi connectivity index (χ3n) is 2.45. The predicted octanol–water partition coefficient (Wildman–Crippen LogP) is 1.67. The van der Waals surface area contributed by atoms with Crippen LogP contribution in [0.4, 0.5) is 0 Å². The first-order valence-electron chi connectivity index (χ1n) is 5.23. The molecule has 0 spiro atoms. The molecule has 0 saturated carbocycles. The maximum atomic E-state index is 12.0. The number of methoxy groups -OCH3 is 1. The van der Waals surface area contributed by atoms with Gasteiger partial charge in [0, 0.05) is 12.0 Å². The van der Waals surface area contributed by atoms with E-state index in [0.717, 1.165) is 16.6 Å². The van der Waals surface area contributed by atoms with E-state index in [4.69, 9.17) is 4.74 Å². The van der Waals surface area contributed by atoms with E-state index in [9.17, 15) is 4.79 Å². The van der Waals surface area contributed by atoms with Gasteiger partial charge in [-0.15, -0.1) is 11.3 Å². The lowest BCUT2D eigenvalue weighted by Crippen LogP contribution is -2.21. The molecule has 0 aliphatic heterocycles. The van der Waals surface area contributed by atoms with Crippen LogP contribution in [-0.4, -0.2) is 23.3 Å². The van der Waals surface area contributed by atoms with Crippen LogP contribution in [0.15, 0.2) is 17.2 Å². The maximum Gasteiger partial charge on any atom is 0.262 e. The standard InChI is InChI=1S/C11H14N2O2S/c1-3-8-6-9-10(16-8)12-7-13(11(9)14)4-5-15-2/h6-7H,3-5H2,1-2H3. The Bertz CT molecular complexity index is 544. The lowest BCUT2D eigenvalue weighted by atomic mass is 10.3. The monoisotopic (exact) mass is 238 g/mol. The summed E-state index contributed by atoms with van der Waals surface area (Å²) in [6.07, 6.45) is 2.54. The highest BCUT2D eigenvalue weighted by atomic mass is 32.1. The molecule has 2 aromatic heterocycles. The summed E-state index contributed by atoms with van der Waals surface area (Å²) in [5.74, 6) is 0. The Labute approximate surface area is 97.5 Å². The summed E-state index contributed by atoms with van der Waals surface area (Å²) < 4.78 is 6.55. The minimum absolute atomic E-state index is 0.0259. The molecule has 2 aromatic rings. The number of aryl methyl sites for hydroxylation is 1. The molecule has 0 fully saturated rings. The number of rotatable bonds is 4. The zero-order chi connectivity index (χ0) is 11.5. The summed E-state index contributed by atoms with van der Waals surface area (Å²) in [7, 11) is 1.62. The van der Waals surface area contributed by atoms with Crippen molar-refractivity contribution in [2.24, 2.45) is 0 Å². The quantitative estimate of drug-likeness (QED) is 0.813. The average Bonchev–Trinajstić information content (AvgIpc) is 2.72. The van der Waals surface area contributed by atoms with Gasteiger partial charge in [-0.3, -0.25) is 9.36 Å². The van der Waals surface area contributed by atoms with E-state index in [-0.39, 0.29) is 5.56 Å². The molecule has 0 bridgehead atoms. The number of nitrogens with zero attached hydrogens (tertiary/aromatic N) is 2. The Morgan fingerprint density at radius 2 is 2.38 bits per heavy atom. The first-order valence-corrected chi connectivity index (χ1v) is 6.04. The largest absolute Gasteiger partial charge is 0.383 e. The number of fused-ring (bicyclic) bond motifs is 1. The Morgan fingerprint density at radius 1 is 1.56 bits per heavy atom. The average molecular weight is 238 g/mol. The number of hydrogen-bond donors (Lipinski definition) is 0. The molecule has 0 N–H and O–H groups in total. The Hall–Kier alpha value is -1.20. The van der Waals surface area contributed by atoms with Crippen LogP contribution in [-0.2, 0) is 17.7 Å². The minimum Gasteiger partial charge on any atom is -0.383 e. The minimum atomic E-state index is 0.0259. The zero-order valence-corrected chi connectivity index (χ0v) is 10.2. The highest BCUT2D eigenvalue weighted by Gasteiger charge is 2.07. The molecular formula is C11H14N2O2S. The summed E-state index contributed by atoms with van der Waals surface area (Å²) in [5, 5.41) is 0.723. The second kappa shape index (κ2) is 4.76. The van der Waals surface area contributed by atoms with E-state index in [2.05, 4.69) is 11.9 Å². The second-order valence-electron chi connectivity index (χ2n) is 3.52. The van der Waals surface area contributed by atoms with Crippen molar-refractivity contribution < 1.29 is 4.74 Å². The molecule has 2 heterocycles. The highest BCUT2D eigenvalue weighted by molar-refractivity contribution is 7.18. The fraction of sp³-hybridized carbons (Fsp3) is 0.455. The van der Waals surface area contributed by atoms with E-state index in [0.29, 0.717) is 13.2 Å². The molecule has 16 heavy (non-hydrogen) atoms. The number of ether oxygens (including phenoxy) is 1. The van der Waals surface area contributed by atoms with E-state index in [1.807, 2.05) is 6.07 Å². The molecule has 0 amide bonds. The lowest BCUT2D eigenvalue weighted by Gasteiger charge is -2.02. The molecule has 0 atom stereocenters. The molecule has 0 aliphatic carbocycles. The normalized spacial score (nSPS) is 11.1. The molecule has 86 valence electrons. The van der Waals surface area contributed by atoms with E-state index in [1.54, 1.807) is 29.3 Å². The highest BCUT2D eigenvalue weighted by Crippen LogP contribution is 2.20. The van der Waals surface area contributed by atoms with Crippen molar-refractivity contribution in [3.63, 3.8) is 0 Å². The number of thiophene rings is 1. The second-order valence-corrected chi connectivity index (χ2v) is 4.64. The van der Waals surface area contributed by atoms with Gasteiger partial charge in [0.2, 0.25) is 0 Å². The van der Waals surface area contributed by atoms with E-state index in [1.165, 1.54) is 4.88 Å². The van der Waals surface area contributed by atoms with Crippen molar-refractivity contribution in [2.45, 2.75) is 19.9 Å². The maximum absolute atomic E-state index is 12.0. The van der Waals surface area contributed by atoms with E-state index >= 15 is 0 Å². The Balaban J connectivity index is 2.47. The van der Waals surface area contributed by atoms with Crippen LogP contribution in [0.25, 0.3) is 10.2 Å². The first kappa shape index (κ1) is 11.3. The van der Waals surface area contributed by atoms with Crippen molar-refractivity contribution in [2.75, 3.05) is 13.7 Å². The van der Waals surface area contributed by atoms with Gasteiger partial charge in [0.25, 0.3) is 5.56 Å². The van der Waals surface area contributed by atoms with Gasteiger partial charge >= 0.3 is 0 Å². The summed E-state index contributed by atoms with van der Waals surface area (Å²) >= 11 is 1.59. The molecule has 5 heteroatoms. The summed E-state index contributed by atoms with van der Waals surface area (Å²) in [6, 6.07) is 1.94. The predicted molar refractivity (Wildman–Crippen MR) is 65.1 cm³/mol. The molecular weight excluding hydrogens is 224 g/mol. The third kappa shape index (κ3) is 2.01. The fourth-order valence-corrected chi connectivity index (χ4v) is 2.46. The smallest absolute Gasteiger partial charge is 0.262 e. The summed E-state index contributed by atoms with van der Waals surface area (Å²) in [6.45, 7) is 3.15. The van der Waals surface area contributed by atoms with Gasteiger partial charge in [0.1, 0.15) is 4.83 Å². The molecule has 0 aromatic carbocycles. The van der Waals surface area contributed by atoms with E-state index < -0.39 is 0 Å². The molecule has 2 rings (SSSR count). The van der Waals surface area contributed by atoms with Crippen LogP contribution >= 0.6 is 11.3 Å². The van der Waals surface area contributed by atoms with Crippen LogP contribution in [0.5, 0.6) is 0 Å². The molecule has 4 nitrogen and oxygen atoms in total. The van der Waals surface area contributed by atoms with Gasteiger partial charge in [-0.2, -0.15) is 0 Å². The van der Waals surface area contributed by atoms with Crippen LogP contribution in [0, 0.1) is 0 Å². The Kier molecular flexibility index (Phi) is 3.36. The fourth-order valence-electron chi connectivity index (χ4n) is 1.53. The van der Waals surface area contributed by atoms with Crippen molar-refractivity contribution in [3.8, 4) is 0 Å². The topological polar surface area (TPSA) is 44.1 Å². The van der Waals surface area contributed by atoms with Crippen LogP contribution in [0.1, 0.15) is 11.8 Å². The number of hydrogen-bond acceptors (Lipinski definition) is 4. The van der Waals surface area contributed by atoms with Crippen molar-refractivity contribution >= 4 is 21.6 Å². The van der Waals surface area contributed by atoms with Crippen LogP contribution < -0.4 is 5.56 Å². The van der Waals surface area contributed by atoms with Gasteiger partial charge < -0.3 is 4.74 Å². The van der Waals surface area contributed by atoms with Gasteiger partial charge in [-0.05, 0) is 12.5 Å². The lowest BCUT2D eigenvalue weighted by molar-refractivity contribution is 0.186. The SMILES string of the molecule is CCc1cc2c(=O)n(CCOC)cnc2s1. The molecule has 0 saturated heterocycles. The Morgan fingerprint density at radius 3 is 3.06 bits per heavy atom.